The van der Waals surface area contributed by atoms with Crippen molar-refractivity contribution in [3.63, 3.8) is 0 Å². The highest BCUT2D eigenvalue weighted by Gasteiger charge is 2.26. The second kappa shape index (κ2) is 5.17. The number of rotatable bonds is 5. The second-order valence-electron chi connectivity index (χ2n) is 3.79. The predicted octanol–water partition coefficient (Wildman–Crippen LogP) is 3.06. The maximum Gasteiger partial charge on any atom is 0.124 e. The Morgan fingerprint density at radius 1 is 1.13 bits per heavy atom. The first kappa shape index (κ1) is 12.1. The van der Waals surface area contributed by atoms with Crippen molar-refractivity contribution in [1.29, 1.82) is 0 Å². The second-order valence-corrected chi connectivity index (χ2v) is 3.79. The van der Waals surface area contributed by atoms with Crippen molar-refractivity contribution >= 4 is 0 Å². The summed E-state index contributed by atoms with van der Waals surface area (Å²) in [6, 6.07) is 8.06. The molecule has 2 N–H and O–H groups in total. The van der Waals surface area contributed by atoms with Gasteiger partial charge in [0, 0.05) is 11.1 Å². The van der Waals surface area contributed by atoms with Gasteiger partial charge in [-0.3, -0.25) is 0 Å². The summed E-state index contributed by atoms with van der Waals surface area (Å²) in [5.74, 6) is 0.922. The molecule has 0 heterocycles. The summed E-state index contributed by atoms with van der Waals surface area (Å²) in [5.41, 5.74) is 7.23. The Labute approximate surface area is 92.4 Å². The Hall–Kier alpha value is -1.02. The zero-order valence-electron chi connectivity index (χ0n) is 9.92. The summed E-state index contributed by atoms with van der Waals surface area (Å²) < 4.78 is 5.61. The van der Waals surface area contributed by atoms with E-state index in [9.17, 15) is 0 Å². The normalized spacial score (nSPS) is 11.5. The van der Waals surface area contributed by atoms with Gasteiger partial charge >= 0.3 is 0 Å². The zero-order valence-corrected chi connectivity index (χ0v) is 9.92. The minimum absolute atomic E-state index is 0.258. The van der Waals surface area contributed by atoms with E-state index in [1.54, 1.807) is 0 Å². The topological polar surface area (TPSA) is 35.2 Å². The van der Waals surface area contributed by atoms with Gasteiger partial charge in [0.05, 0.1) is 6.61 Å². The molecule has 0 fully saturated rings. The molecule has 0 amide bonds. The molecule has 1 aromatic rings. The molecule has 2 heteroatoms. The fourth-order valence-electron chi connectivity index (χ4n) is 1.79. The number of hydrogen-bond donors (Lipinski definition) is 1. The fourth-order valence-corrected chi connectivity index (χ4v) is 1.79. The van der Waals surface area contributed by atoms with E-state index < -0.39 is 0 Å². The molecule has 0 saturated heterocycles. The van der Waals surface area contributed by atoms with Crippen LogP contribution in [0.4, 0.5) is 0 Å². The van der Waals surface area contributed by atoms with Crippen molar-refractivity contribution in [3.8, 4) is 5.75 Å². The number of para-hydroxylation sites is 1. The molecule has 0 aromatic heterocycles. The molecule has 1 rings (SSSR count). The van der Waals surface area contributed by atoms with Gasteiger partial charge in [-0.1, -0.05) is 32.0 Å². The van der Waals surface area contributed by atoms with E-state index in [1.165, 1.54) is 0 Å². The molecule has 0 saturated carbocycles. The first-order valence-corrected chi connectivity index (χ1v) is 5.69. The van der Waals surface area contributed by atoms with E-state index in [0.717, 1.165) is 24.2 Å². The average molecular weight is 207 g/mol. The van der Waals surface area contributed by atoms with E-state index in [-0.39, 0.29) is 5.54 Å². The van der Waals surface area contributed by atoms with Crippen molar-refractivity contribution < 1.29 is 4.74 Å². The number of hydrogen-bond acceptors (Lipinski definition) is 2. The van der Waals surface area contributed by atoms with Crippen LogP contribution in [0.25, 0.3) is 0 Å². The first-order valence-electron chi connectivity index (χ1n) is 5.69. The quantitative estimate of drug-likeness (QED) is 0.805. The third kappa shape index (κ3) is 2.51. The van der Waals surface area contributed by atoms with Gasteiger partial charge in [-0.05, 0) is 25.8 Å². The van der Waals surface area contributed by atoms with Crippen molar-refractivity contribution in [2.75, 3.05) is 6.61 Å². The summed E-state index contributed by atoms with van der Waals surface area (Å²) in [6.45, 7) is 6.91. The van der Waals surface area contributed by atoms with E-state index >= 15 is 0 Å². The smallest absolute Gasteiger partial charge is 0.124 e. The summed E-state index contributed by atoms with van der Waals surface area (Å²) in [5, 5.41) is 0. The lowest BCUT2D eigenvalue weighted by Crippen LogP contribution is -2.35. The van der Waals surface area contributed by atoms with Crippen LogP contribution in [-0.4, -0.2) is 6.61 Å². The van der Waals surface area contributed by atoms with E-state index in [0.29, 0.717) is 6.61 Å². The van der Waals surface area contributed by atoms with E-state index in [1.807, 2.05) is 25.1 Å². The molecule has 0 aliphatic rings. The van der Waals surface area contributed by atoms with Crippen molar-refractivity contribution in [2.45, 2.75) is 39.2 Å². The molecular weight excluding hydrogens is 186 g/mol. The summed E-state index contributed by atoms with van der Waals surface area (Å²) in [4.78, 5) is 0. The largest absolute Gasteiger partial charge is 0.494 e. The third-order valence-electron chi connectivity index (χ3n) is 2.99. The molecule has 1 aromatic carbocycles. The van der Waals surface area contributed by atoms with Crippen LogP contribution >= 0.6 is 0 Å². The predicted molar refractivity (Wildman–Crippen MR) is 64.1 cm³/mol. The average Bonchev–Trinajstić information content (AvgIpc) is 2.29. The van der Waals surface area contributed by atoms with Gasteiger partial charge in [-0.25, -0.2) is 0 Å². The molecule has 0 atom stereocenters. The van der Waals surface area contributed by atoms with Crippen molar-refractivity contribution in [3.05, 3.63) is 29.8 Å². The Balaban J connectivity index is 3.10. The van der Waals surface area contributed by atoms with Crippen LogP contribution in [0.1, 0.15) is 39.2 Å². The van der Waals surface area contributed by atoms with Crippen molar-refractivity contribution in [2.24, 2.45) is 5.73 Å². The Morgan fingerprint density at radius 2 is 1.73 bits per heavy atom. The number of nitrogens with two attached hydrogens (primary N) is 1. The molecule has 0 aliphatic carbocycles. The lowest BCUT2D eigenvalue weighted by atomic mass is 9.85. The molecule has 0 bridgehead atoms. The summed E-state index contributed by atoms with van der Waals surface area (Å²) >= 11 is 0. The third-order valence-corrected chi connectivity index (χ3v) is 2.99. The maximum atomic E-state index is 6.37. The lowest BCUT2D eigenvalue weighted by molar-refractivity contribution is 0.316. The maximum absolute atomic E-state index is 6.37. The Kier molecular flexibility index (Phi) is 4.15. The molecule has 0 radical (unpaired) electrons. The summed E-state index contributed by atoms with van der Waals surface area (Å²) in [6.07, 6.45) is 1.85. The first-order chi connectivity index (χ1) is 7.18. The molecule has 2 nitrogen and oxygen atoms in total. The highest BCUT2D eigenvalue weighted by molar-refractivity contribution is 5.38. The van der Waals surface area contributed by atoms with Crippen LogP contribution in [0.15, 0.2) is 24.3 Å². The minimum Gasteiger partial charge on any atom is -0.494 e. The van der Waals surface area contributed by atoms with E-state index in [2.05, 4.69) is 19.9 Å². The molecule has 0 aliphatic heterocycles. The standard InChI is InChI=1S/C13H21NO/c1-4-13(14,5-2)11-9-7-8-10-12(11)15-6-3/h7-10H,4-6,14H2,1-3H3. The SMILES string of the molecule is CCOc1ccccc1C(N)(CC)CC. The van der Waals surface area contributed by atoms with Crippen LogP contribution in [0.5, 0.6) is 5.75 Å². The summed E-state index contributed by atoms with van der Waals surface area (Å²) in [7, 11) is 0. The van der Waals surface area contributed by atoms with E-state index in [4.69, 9.17) is 10.5 Å². The van der Waals surface area contributed by atoms with Crippen molar-refractivity contribution in [1.82, 2.24) is 0 Å². The van der Waals surface area contributed by atoms with Crippen LogP contribution < -0.4 is 10.5 Å². The highest BCUT2D eigenvalue weighted by atomic mass is 16.5. The highest BCUT2D eigenvalue weighted by Crippen LogP contribution is 2.32. The van der Waals surface area contributed by atoms with Crippen LogP contribution in [0.3, 0.4) is 0 Å². The molecule has 84 valence electrons. The van der Waals surface area contributed by atoms with Gasteiger partial charge in [0.15, 0.2) is 0 Å². The lowest BCUT2D eigenvalue weighted by Gasteiger charge is -2.29. The monoisotopic (exact) mass is 207 g/mol. The van der Waals surface area contributed by atoms with Crippen LogP contribution in [0.2, 0.25) is 0 Å². The minimum atomic E-state index is -0.258. The van der Waals surface area contributed by atoms with Gasteiger partial charge < -0.3 is 10.5 Å². The number of benzene rings is 1. The van der Waals surface area contributed by atoms with Gasteiger partial charge in [0.1, 0.15) is 5.75 Å². The van der Waals surface area contributed by atoms with Gasteiger partial charge in [-0.2, -0.15) is 0 Å². The van der Waals surface area contributed by atoms with Crippen LogP contribution in [-0.2, 0) is 5.54 Å². The fraction of sp³-hybridized carbons (Fsp3) is 0.538. The van der Waals surface area contributed by atoms with Gasteiger partial charge in [0.2, 0.25) is 0 Å². The zero-order chi connectivity index (χ0) is 11.3. The molecule has 15 heavy (non-hydrogen) atoms. The van der Waals surface area contributed by atoms with Gasteiger partial charge in [0.25, 0.3) is 0 Å². The van der Waals surface area contributed by atoms with Gasteiger partial charge in [-0.15, -0.1) is 0 Å². The number of ether oxygens (including phenoxy) is 1. The van der Waals surface area contributed by atoms with Crippen LogP contribution in [0, 0.1) is 0 Å². The molecular formula is C13H21NO. The Bertz CT molecular complexity index is 305. The molecule has 0 spiro atoms. The Morgan fingerprint density at radius 3 is 2.27 bits per heavy atom. The molecule has 0 unspecified atom stereocenters.